The van der Waals surface area contributed by atoms with Gasteiger partial charge in [0.2, 0.25) is 41.4 Å². The molecule has 0 aliphatic rings. The van der Waals surface area contributed by atoms with Crippen LogP contribution < -0.4 is 58.5 Å². The molecule has 2 aromatic carbocycles. The number of benzene rings is 2. The zero-order valence-electron chi connectivity index (χ0n) is 54.3. The third-order valence-electron chi connectivity index (χ3n) is 12.0. The fourth-order valence-electron chi connectivity index (χ4n) is 7.92. The standard InChI is InChI=1S/C62H99N11O15S/c1-41(74)68-40-89-39-48(52(78)64-36-32-49(75)69-44-30-28-42(29-31-44)37-50(76)67-38-43-23-15-14-16-24-43)71-53(79)46(70-54(80)47(73-58(84)88-62(11,12)13)27-19-22-35-66-56(82)86-60(5,6)7)26-17-20-33-63-51(77)45(72-57(83)87-61(8,9)10)25-18-21-34-65-55(81)85-59(2,3)4/h14-16,23-24,28-31,45-48H,17-22,25-27,32-40H2,1-13H3,(H,63,77)(H,64,78)(H,65,81)(H,66,82)(H,67,76)(H,68,74)(H,69,75)(H,70,80)(H,71,79)(H,72,83)(H,73,84)/t45-,46-,47-,48-/m0/s1. The fourth-order valence-corrected chi connectivity index (χ4v) is 8.82. The normalized spacial score (nSPS) is 12.8. The summed E-state index contributed by atoms with van der Waals surface area (Å²) in [5.41, 5.74) is -1.06. The van der Waals surface area contributed by atoms with Crippen LogP contribution in [0.2, 0.25) is 0 Å². The maximum Gasteiger partial charge on any atom is 0.408 e. The molecule has 0 radical (unpaired) electrons. The number of nitrogens with one attached hydrogen (secondary N) is 11. The largest absolute Gasteiger partial charge is 0.444 e. The number of hydrogen-bond acceptors (Lipinski definition) is 16. The topological polar surface area (TPSA) is 357 Å². The van der Waals surface area contributed by atoms with Crippen molar-refractivity contribution >= 4 is 83.2 Å². The Morgan fingerprint density at radius 3 is 1.30 bits per heavy atom. The van der Waals surface area contributed by atoms with Crippen molar-refractivity contribution in [3.63, 3.8) is 0 Å². The lowest BCUT2D eigenvalue weighted by molar-refractivity contribution is -0.132. The van der Waals surface area contributed by atoms with Gasteiger partial charge in [0.05, 0.1) is 12.3 Å². The second-order valence-corrected chi connectivity index (χ2v) is 26.2. The molecule has 2 rings (SSSR count). The predicted molar refractivity (Wildman–Crippen MR) is 339 cm³/mol. The van der Waals surface area contributed by atoms with Crippen molar-refractivity contribution < 1.29 is 71.7 Å². The molecule has 498 valence electrons. The van der Waals surface area contributed by atoms with E-state index in [2.05, 4.69) is 58.5 Å². The maximum absolute atomic E-state index is 14.5. The Kier molecular flexibility index (Phi) is 34.1. The minimum absolute atomic E-state index is 0.0399. The number of ether oxygens (including phenoxy) is 4. The van der Waals surface area contributed by atoms with Crippen molar-refractivity contribution in [2.45, 2.75) is 214 Å². The Bertz CT molecular complexity index is 2600. The van der Waals surface area contributed by atoms with Crippen LogP contribution in [0.5, 0.6) is 0 Å². The van der Waals surface area contributed by atoms with Gasteiger partial charge in [-0.25, -0.2) is 19.2 Å². The summed E-state index contributed by atoms with van der Waals surface area (Å²) in [4.78, 5) is 144. The maximum atomic E-state index is 14.5. The highest BCUT2D eigenvalue weighted by Crippen LogP contribution is 2.15. The monoisotopic (exact) mass is 1270 g/mol. The van der Waals surface area contributed by atoms with Crippen molar-refractivity contribution in [3.05, 3.63) is 65.7 Å². The van der Waals surface area contributed by atoms with E-state index in [0.717, 1.165) is 22.9 Å². The summed E-state index contributed by atoms with van der Waals surface area (Å²) >= 11 is 1.12. The first kappa shape index (κ1) is 77.3. The molecule has 0 aliphatic carbocycles. The van der Waals surface area contributed by atoms with Crippen LogP contribution in [0.25, 0.3) is 0 Å². The molecule has 0 bridgehead atoms. The molecule has 0 aromatic heterocycles. The third-order valence-corrected chi connectivity index (χ3v) is 12.9. The highest BCUT2D eigenvalue weighted by atomic mass is 32.2. The Labute approximate surface area is 528 Å². The molecule has 0 unspecified atom stereocenters. The van der Waals surface area contributed by atoms with Crippen molar-refractivity contribution in [3.8, 4) is 0 Å². The highest BCUT2D eigenvalue weighted by Gasteiger charge is 2.32. The van der Waals surface area contributed by atoms with Crippen LogP contribution >= 0.6 is 11.8 Å². The summed E-state index contributed by atoms with van der Waals surface area (Å²) in [7, 11) is 0. The van der Waals surface area contributed by atoms with E-state index in [1.54, 1.807) is 107 Å². The van der Waals surface area contributed by atoms with E-state index in [1.807, 2.05) is 30.3 Å². The molecular formula is C62H99N11O15S. The second kappa shape index (κ2) is 39.2. The molecule has 0 heterocycles. The summed E-state index contributed by atoms with van der Waals surface area (Å²) in [5, 5.41) is 29.8. The van der Waals surface area contributed by atoms with Crippen molar-refractivity contribution in [1.82, 2.24) is 53.2 Å². The van der Waals surface area contributed by atoms with Gasteiger partial charge >= 0.3 is 24.4 Å². The molecule has 0 saturated heterocycles. The quantitative estimate of drug-likeness (QED) is 0.0206. The number of carbonyl (C=O) groups is 11. The number of hydrogen-bond donors (Lipinski definition) is 11. The van der Waals surface area contributed by atoms with E-state index < -0.39 is 100 Å². The Balaban J connectivity index is 2.31. The number of anilines is 1. The molecule has 11 amide bonds. The van der Waals surface area contributed by atoms with E-state index in [4.69, 9.17) is 18.9 Å². The van der Waals surface area contributed by atoms with Gasteiger partial charge in [-0.2, -0.15) is 0 Å². The Morgan fingerprint density at radius 1 is 0.416 bits per heavy atom. The van der Waals surface area contributed by atoms with Crippen LogP contribution in [-0.4, -0.2) is 150 Å². The summed E-state index contributed by atoms with van der Waals surface area (Å²) in [5.74, 6) is -3.69. The lowest BCUT2D eigenvalue weighted by Crippen LogP contribution is -2.57. The lowest BCUT2D eigenvalue weighted by Gasteiger charge is -2.26. The number of unbranched alkanes of at least 4 members (excludes halogenated alkanes) is 3. The van der Waals surface area contributed by atoms with Gasteiger partial charge in [0.15, 0.2) is 0 Å². The van der Waals surface area contributed by atoms with Gasteiger partial charge in [-0.15, -0.1) is 11.8 Å². The van der Waals surface area contributed by atoms with Crippen LogP contribution in [0, 0.1) is 0 Å². The average Bonchev–Trinajstić information content (AvgIpc) is 3.55. The van der Waals surface area contributed by atoms with Crippen molar-refractivity contribution in [2.24, 2.45) is 0 Å². The fraction of sp³-hybridized carbons (Fsp3) is 0.629. The van der Waals surface area contributed by atoms with Gasteiger partial charge in [-0.1, -0.05) is 42.5 Å². The van der Waals surface area contributed by atoms with Crippen LogP contribution in [0.4, 0.5) is 24.9 Å². The summed E-state index contributed by atoms with van der Waals surface area (Å²) < 4.78 is 21.5. The van der Waals surface area contributed by atoms with Crippen LogP contribution in [0.1, 0.15) is 165 Å². The first-order valence-electron chi connectivity index (χ1n) is 30.2. The Hall–Kier alpha value is -7.84. The minimum atomic E-state index is -1.35. The lowest BCUT2D eigenvalue weighted by atomic mass is 10.0. The zero-order valence-corrected chi connectivity index (χ0v) is 55.1. The number of alkyl carbamates (subject to hydrolysis) is 4. The van der Waals surface area contributed by atoms with Gasteiger partial charge in [0.1, 0.15) is 46.6 Å². The third kappa shape index (κ3) is 38.9. The Morgan fingerprint density at radius 2 is 0.831 bits per heavy atom. The molecule has 26 nitrogen and oxygen atoms in total. The van der Waals surface area contributed by atoms with E-state index in [9.17, 15) is 52.7 Å². The van der Waals surface area contributed by atoms with Gasteiger partial charge in [-0.05, 0) is 164 Å². The summed E-state index contributed by atoms with van der Waals surface area (Å²) in [6.07, 6.45) is -0.788. The van der Waals surface area contributed by atoms with Crippen LogP contribution in [0.3, 0.4) is 0 Å². The average molecular weight is 1270 g/mol. The van der Waals surface area contributed by atoms with E-state index >= 15 is 0 Å². The van der Waals surface area contributed by atoms with E-state index in [-0.39, 0.29) is 94.6 Å². The predicted octanol–water partition coefficient (Wildman–Crippen LogP) is 6.25. The van der Waals surface area contributed by atoms with Gasteiger partial charge in [-0.3, -0.25) is 33.6 Å². The molecule has 0 saturated carbocycles. The zero-order chi connectivity index (χ0) is 66.8. The number of rotatable bonds is 35. The first-order chi connectivity index (χ1) is 41.6. The number of carbonyl (C=O) groups excluding carboxylic acids is 11. The molecule has 4 atom stereocenters. The minimum Gasteiger partial charge on any atom is -0.444 e. The molecule has 89 heavy (non-hydrogen) atoms. The molecule has 11 N–H and O–H groups in total. The number of amides is 11. The van der Waals surface area contributed by atoms with E-state index in [1.165, 1.54) is 6.92 Å². The van der Waals surface area contributed by atoms with Crippen LogP contribution in [-0.2, 0) is 65.5 Å². The van der Waals surface area contributed by atoms with Crippen molar-refractivity contribution in [1.29, 1.82) is 0 Å². The molecule has 0 fully saturated rings. The molecule has 27 heteroatoms. The smallest absolute Gasteiger partial charge is 0.408 e. The molecule has 0 aliphatic heterocycles. The number of thioether (sulfide) groups is 1. The molecule has 0 spiro atoms. The van der Waals surface area contributed by atoms with E-state index in [0.29, 0.717) is 37.9 Å². The molecular weight excluding hydrogens is 1170 g/mol. The van der Waals surface area contributed by atoms with Gasteiger partial charge in [0.25, 0.3) is 0 Å². The van der Waals surface area contributed by atoms with Crippen molar-refractivity contribution in [2.75, 3.05) is 43.1 Å². The van der Waals surface area contributed by atoms with Crippen LogP contribution in [0.15, 0.2) is 54.6 Å². The first-order valence-corrected chi connectivity index (χ1v) is 31.3. The SMILES string of the molecule is CC(=O)NCSC[C@H](NC(=O)[C@H](CCCCNC(=O)[C@H](CCCCNC(=O)OC(C)(C)C)NC(=O)OC(C)(C)C)NC(=O)[C@H](CCCCNC(=O)OC(C)(C)C)NC(=O)OC(C)(C)C)C(=O)NCCC(=O)Nc1ccc(CC(=O)NCc2ccccc2)cc1. The second-order valence-electron chi connectivity index (χ2n) is 25.1. The summed E-state index contributed by atoms with van der Waals surface area (Å²) in [6, 6.07) is 11.4. The molecule has 2 aromatic rings. The summed E-state index contributed by atoms with van der Waals surface area (Å²) in [6.45, 7) is 22.4. The highest BCUT2D eigenvalue weighted by molar-refractivity contribution is 7.99. The van der Waals surface area contributed by atoms with Gasteiger partial charge in [0, 0.05) is 57.5 Å². The van der Waals surface area contributed by atoms with Gasteiger partial charge < -0.3 is 77.4 Å².